The molecule has 0 bridgehead atoms. The third-order valence-electron chi connectivity index (χ3n) is 3.13. The van der Waals surface area contributed by atoms with Crippen LogP contribution in [0.4, 0.5) is 0 Å². The maximum Gasteiger partial charge on any atom is 0.0444 e. The van der Waals surface area contributed by atoms with Crippen LogP contribution in [0.2, 0.25) is 0 Å². The molecule has 1 aliphatic rings. The van der Waals surface area contributed by atoms with Gasteiger partial charge in [0.25, 0.3) is 0 Å². The van der Waals surface area contributed by atoms with Crippen molar-refractivity contribution >= 4 is 5.71 Å². The van der Waals surface area contributed by atoms with Crippen LogP contribution in [0.15, 0.2) is 52.7 Å². The van der Waals surface area contributed by atoms with Crippen molar-refractivity contribution in [1.82, 2.24) is 0 Å². The van der Waals surface area contributed by atoms with Gasteiger partial charge >= 0.3 is 0 Å². The van der Waals surface area contributed by atoms with Crippen molar-refractivity contribution in [3.63, 3.8) is 0 Å². The molecule has 0 heterocycles. The van der Waals surface area contributed by atoms with Crippen LogP contribution in [0.3, 0.4) is 0 Å². The van der Waals surface area contributed by atoms with Gasteiger partial charge < -0.3 is 0 Å². The van der Waals surface area contributed by atoms with E-state index in [1.807, 2.05) is 6.92 Å². The summed E-state index contributed by atoms with van der Waals surface area (Å²) in [5, 5.41) is 0. The summed E-state index contributed by atoms with van der Waals surface area (Å²) in [6.45, 7) is 14.1. The Morgan fingerprint density at radius 1 is 1.56 bits per heavy atom. The Balaban J connectivity index is 3.10. The SMILES string of the molecule is C=CN=C(C)C1=CCCC(C(=C)CC)=C1C. The molecule has 0 unspecified atom stereocenters. The molecule has 0 aromatic heterocycles. The molecular weight excluding hydrogens is 194 g/mol. The molecule has 1 heteroatoms. The van der Waals surface area contributed by atoms with E-state index in [-0.39, 0.29) is 0 Å². The maximum atomic E-state index is 4.27. The van der Waals surface area contributed by atoms with E-state index in [0.717, 1.165) is 25.0 Å². The molecule has 0 N–H and O–H groups in total. The molecule has 0 amide bonds. The molecule has 0 aromatic rings. The van der Waals surface area contributed by atoms with Gasteiger partial charge in [-0.1, -0.05) is 31.7 Å². The summed E-state index contributed by atoms with van der Waals surface area (Å²) in [6, 6.07) is 0. The molecule has 0 aromatic carbocycles. The summed E-state index contributed by atoms with van der Waals surface area (Å²) in [7, 11) is 0. The molecular formula is C15H21N. The molecule has 1 rings (SSSR count). The van der Waals surface area contributed by atoms with E-state index >= 15 is 0 Å². The van der Waals surface area contributed by atoms with Gasteiger partial charge in [0.15, 0.2) is 0 Å². The predicted molar refractivity (Wildman–Crippen MR) is 72.8 cm³/mol. The fourth-order valence-corrected chi connectivity index (χ4v) is 2.14. The average Bonchev–Trinajstić information content (AvgIpc) is 2.28. The van der Waals surface area contributed by atoms with E-state index in [2.05, 4.69) is 38.1 Å². The van der Waals surface area contributed by atoms with Crippen molar-refractivity contribution in [2.75, 3.05) is 0 Å². The number of rotatable bonds is 4. The van der Waals surface area contributed by atoms with Gasteiger partial charge in [0.05, 0.1) is 0 Å². The first-order chi connectivity index (χ1) is 7.61. The minimum absolute atomic E-state index is 1.03. The smallest absolute Gasteiger partial charge is 0.0444 e. The lowest BCUT2D eigenvalue weighted by Gasteiger charge is -2.20. The molecule has 1 nitrogen and oxygen atoms in total. The van der Waals surface area contributed by atoms with Crippen LogP contribution in [-0.2, 0) is 0 Å². The first kappa shape index (κ1) is 12.7. The molecule has 16 heavy (non-hydrogen) atoms. The van der Waals surface area contributed by atoms with Crippen molar-refractivity contribution in [3.8, 4) is 0 Å². The van der Waals surface area contributed by atoms with E-state index in [9.17, 15) is 0 Å². The zero-order valence-electron chi connectivity index (χ0n) is 10.6. The van der Waals surface area contributed by atoms with Gasteiger partial charge in [-0.3, -0.25) is 4.99 Å². The third kappa shape index (κ3) is 2.60. The zero-order valence-corrected chi connectivity index (χ0v) is 10.6. The topological polar surface area (TPSA) is 12.4 Å². The zero-order chi connectivity index (χ0) is 12.1. The van der Waals surface area contributed by atoms with E-state index < -0.39 is 0 Å². The van der Waals surface area contributed by atoms with E-state index in [0.29, 0.717) is 0 Å². The molecule has 0 radical (unpaired) electrons. The summed E-state index contributed by atoms with van der Waals surface area (Å²) < 4.78 is 0. The summed E-state index contributed by atoms with van der Waals surface area (Å²) in [6.07, 6.45) is 7.10. The highest BCUT2D eigenvalue weighted by molar-refractivity contribution is 6.02. The van der Waals surface area contributed by atoms with Crippen molar-refractivity contribution in [2.45, 2.75) is 40.0 Å². The second kappa shape index (κ2) is 5.64. The van der Waals surface area contributed by atoms with Crippen molar-refractivity contribution in [2.24, 2.45) is 4.99 Å². The van der Waals surface area contributed by atoms with Gasteiger partial charge in [-0.25, -0.2) is 0 Å². The van der Waals surface area contributed by atoms with Gasteiger partial charge in [0.1, 0.15) is 0 Å². The molecule has 0 saturated carbocycles. The molecule has 0 fully saturated rings. The van der Waals surface area contributed by atoms with Crippen molar-refractivity contribution < 1.29 is 0 Å². The maximum absolute atomic E-state index is 4.27. The average molecular weight is 215 g/mol. The predicted octanol–water partition coefficient (Wildman–Crippen LogP) is 4.59. The van der Waals surface area contributed by atoms with Gasteiger partial charge in [-0.05, 0) is 49.8 Å². The first-order valence-electron chi connectivity index (χ1n) is 5.85. The van der Waals surface area contributed by atoms with Crippen LogP contribution in [0, 0.1) is 0 Å². The van der Waals surface area contributed by atoms with E-state index in [4.69, 9.17) is 0 Å². The second-order valence-corrected chi connectivity index (χ2v) is 4.11. The Morgan fingerprint density at radius 3 is 2.81 bits per heavy atom. The van der Waals surface area contributed by atoms with Crippen LogP contribution in [0.1, 0.15) is 40.0 Å². The van der Waals surface area contributed by atoms with Gasteiger partial charge in [-0.15, -0.1) is 0 Å². The Morgan fingerprint density at radius 2 is 2.25 bits per heavy atom. The minimum atomic E-state index is 1.03. The number of nitrogens with zero attached hydrogens (tertiary/aromatic N) is 1. The number of hydrogen-bond acceptors (Lipinski definition) is 1. The highest BCUT2D eigenvalue weighted by Gasteiger charge is 2.15. The van der Waals surface area contributed by atoms with E-state index in [1.54, 1.807) is 6.20 Å². The fraction of sp³-hybridized carbons (Fsp3) is 0.400. The summed E-state index contributed by atoms with van der Waals surface area (Å²) in [5.41, 5.74) is 6.32. The largest absolute Gasteiger partial charge is 0.262 e. The van der Waals surface area contributed by atoms with Crippen LogP contribution >= 0.6 is 0 Å². The molecule has 86 valence electrons. The number of allylic oxidation sites excluding steroid dienone is 5. The lowest BCUT2D eigenvalue weighted by atomic mass is 9.85. The fourth-order valence-electron chi connectivity index (χ4n) is 2.14. The quantitative estimate of drug-likeness (QED) is 0.608. The third-order valence-corrected chi connectivity index (χ3v) is 3.13. The lowest BCUT2D eigenvalue weighted by Crippen LogP contribution is -2.07. The Kier molecular flexibility index (Phi) is 4.48. The summed E-state index contributed by atoms with van der Waals surface area (Å²) >= 11 is 0. The van der Waals surface area contributed by atoms with Crippen LogP contribution in [0.5, 0.6) is 0 Å². The second-order valence-electron chi connectivity index (χ2n) is 4.11. The first-order valence-corrected chi connectivity index (χ1v) is 5.85. The number of aliphatic imine (C=N–C) groups is 1. The van der Waals surface area contributed by atoms with Crippen molar-refractivity contribution in [1.29, 1.82) is 0 Å². The molecule has 1 aliphatic carbocycles. The van der Waals surface area contributed by atoms with Gasteiger partial charge in [-0.2, -0.15) is 0 Å². The van der Waals surface area contributed by atoms with Crippen LogP contribution in [0.25, 0.3) is 0 Å². The molecule has 0 aliphatic heterocycles. The summed E-state index contributed by atoms with van der Waals surface area (Å²) in [5.74, 6) is 0. The Hall–Kier alpha value is -1.37. The Bertz CT molecular complexity index is 392. The summed E-state index contributed by atoms with van der Waals surface area (Å²) in [4.78, 5) is 4.27. The lowest BCUT2D eigenvalue weighted by molar-refractivity contribution is 0.914. The van der Waals surface area contributed by atoms with Gasteiger partial charge in [0.2, 0.25) is 0 Å². The highest BCUT2D eigenvalue weighted by Crippen LogP contribution is 2.31. The normalized spacial score (nSPS) is 17.2. The Labute approximate surface area is 99.0 Å². The van der Waals surface area contributed by atoms with Crippen LogP contribution < -0.4 is 0 Å². The van der Waals surface area contributed by atoms with Crippen molar-refractivity contribution in [3.05, 3.63) is 47.7 Å². The molecule has 0 atom stereocenters. The van der Waals surface area contributed by atoms with Gasteiger partial charge in [0, 0.05) is 11.9 Å². The van der Waals surface area contributed by atoms with E-state index in [1.165, 1.54) is 22.3 Å². The molecule has 0 saturated heterocycles. The minimum Gasteiger partial charge on any atom is -0.262 e. The monoisotopic (exact) mass is 215 g/mol. The van der Waals surface area contributed by atoms with Crippen LogP contribution in [-0.4, -0.2) is 5.71 Å². The molecule has 0 spiro atoms. The standard InChI is InChI=1S/C15H21N/c1-6-11(3)14-9-8-10-15(12(14)4)13(5)16-7-2/h7,10H,2-3,6,8-9H2,1,4-5H3. The number of hydrogen-bond donors (Lipinski definition) is 0. The highest BCUT2D eigenvalue weighted by atomic mass is 14.7.